The molecule has 0 aromatic heterocycles. The van der Waals surface area contributed by atoms with Crippen molar-refractivity contribution in [1.82, 2.24) is 4.90 Å². The summed E-state index contributed by atoms with van der Waals surface area (Å²) in [5, 5.41) is 9.45. The van der Waals surface area contributed by atoms with Crippen LogP contribution in [0.15, 0.2) is 12.2 Å². The van der Waals surface area contributed by atoms with Crippen molar-refractivity contribution in [3.8, 4) is 0 Å². The van der Waals surface area contributed by atoms with E-state index in [0.29, 0.717) is 0 Å². The van der Waals surface area contributed by atoms with Crippen LogP contribution in [0, 0.1) is 5.92 Å². The molecule has 0 aliphatic carbocycles. The molecule has 1 N–H and O–H groups in total. The number of hydrogen-bond acceptors (Lipinski definition) is 3. The number of carbonyl (C=O) groups is 2. The van der Waals surface area contributed by atoms with Gasteiger partial charge in [0.1, 0.15) is 0 Å². The van der Waals surface area contributed by atoms with Crippen molar-refractivity contribution in [2.45, 2.75) is 20.0 Å². The summed E-state index contributed by atoms with van der Waals surface area (Å²) in [6.07, 6.45) is 1.79. The summed E-state index contributed by atoms with van der Waals surface area (Å²) >= 11 is 0. The standard InChI is InChI=1S/C9H13NO3/c1-6(2)7(11)5-10-8(12)3-4-9(10)13/h3-4,6-7,11H,5H2,1-2H3. The first-order valence-electron chi connectivity index (χ1n) is 4.24. The molecular formula is C9H13NO3. The summed E-state index contributed by atoms with van der Waals surface area (Å²) in [7, 11) is 0. The first-order valence-corrected chi connectivity index (χ1v) is 4.24. The second kappa shape index (κ2) is 3.70. The van der Waals surface area contributed by atoms with E-state index in [1.807, 2.05) is 13.8 Å². The van der Waals surface area contributed by atoms with E-state index in [9.17, 15) is 14.7 Å². The summed E-state index contributed by atoms with van der Waals surface area (Å²) in [5.74, 6) is -0.643. The van der Waals surface area contributed by atoms with Gasteiger partial charge in [-0.3, -0.25) is 14.5 Å². The van der Waals surface area contributed by atoms with Crippen LogP contribution in [0.4, 0.5) is 0 Å². The molecule has 1 atom stereocenters. The SMILES string of the molecule is CC(C)C(O)CN1C(=O)C=CC1=O. The van der Waals surface area contributed by atoms with Gasteiger partial charge in [-0.2, -0.15) is 0 Å². The second-order valence-corrected chi connectivity index (χ2v) is 3.43. The van der Waals surface area contributed by atoms with E-state index >= 15 is 0 Å². The lowest BCUT2D eigenvalue weighted by atomic mass is 10.1. The van der Waals surface area contributed by atoms with Crippen molar-refractivity contribution < 1.29 is 14.7 Å². The molecule has 1 aliphatic heterocycles. The number of amides is 2. The van der Waals surface area contributed by atoms with Gasteiger partial charge in [0.2, 0.25) is 0 Å². The topological polar surface area (TPSA) is 57.6 Å². The van der Waals surface area contributed by atoms with E-state index in [2.05, 4.69) is 0 Å². The van der Waals surface area contributed by atoms with E-state index in [1.165, 1.54) is 12.2 Å². The average Bonchev–Trinajstić information content (AvgIpc) is 2.35. The van der Waals surface area contributed by atoms with Crippen molar-refractivity contribution in [1.29, 1.82) is 0 Å². The van der Waals surface area contributed by atoms with Crippen LogP contribution >= 0.6 is 0 Å². The van der Waals surface area contributed by atoms with Crippen LogP contribution in [0.3, 0.4) is 0 Å². The smallest absolute Gasteiger partial charge is 0.253 e. The van der Waals surface area contributed by atoms with Crippen LogP contribution < -0.4 is 0 Å². The number of carbonyl (C=O) groups excluding carboxylic acids is 2. The molecule has 0 spiro atoms. The summed E-state index contributed by atoms with van der Waals surface area (Å²) in [4.78, 5) is 23.1. The van der Waals surface area contributed by atoms with Crippen molar-refractivity contribution in [3.05, 3.63) is 12.2 Å². The van der Waals surface area contributed by atoms with Crippen LogP contribution in [0.2, 0.25) is 0 Å². The van der Waals surface area contributed by atoms with E-state index < -0.39 is 6.10 Å². The van der Waals surface area contributed by atoms with Crippen LogP contribution in [-0.4, -0.2) is 34.5 Å². The zero-order chi connectivity index (χ0) is 10.0. The fourth-order valence-electron chi connectivity index (χ4n) is 1.01. The molecule has 2 amide bonds. The zero-order valence-corrected chi connectivity index (χ0v) is 7.73. The van der Waals surface area contributed by atoms with Crippen molar-refractivity contribution in [2.75, 3.05) is 6.54 Å². The lowest BCUT2D eigenvalue weighted by Crippen LogP contribution is -2.38. The highest BCUT2D eigenvalue weighted by Crippen LogP contribution is 2.08. The van der Waals surface area contributed by atoms with Crippen LogP contribution in [0.1, 0.15) is 13.8 Å². The predicted molar refractivity (Wildman–Crippen MR) is 46.7 cm³/mol. The molecule has 0 saturated carbocycles. The number of imide groups is 1. The zero-order valence-electron chi connectivity index (χ0n) is 7.73. The molecule has 72 valence electrons. The third-order valence-electron chi connectivity index (χ3n) is 2.04. The third-order valence-corrected chi connectivity index (χ3v) is 2.04. The first-order chi connectivity index (χ1) is 6.02. The molecule has 0 radical (unpaired) electrons. The molecule has 4 heteroatoms. The molecule has 0 fully saturated rings. The van der Waals surface area contributed by atoms with Gasteiger partial charge in [0.25, 0.3) is 11.8 Å². The molecule has 0 bridgehead atoms. The monoisotopic (exact) mass is 183 g/mol. The number of hydrogen-bond donors (Lipinski definition) is 1. The van der Waals surface area contributed by atoms with Crippen LogP contribution in [0.5, 0.6) is 0 Å². The summed E-state index contributed by atoms with van der Waals surface area (Å²) in [6.45, 7) is 3.76. The van der Waals surface area contributed by atoms with E-state index in [0.717, 1.165) is 4.90 Å². The predicted octanol–water partition coefficient (Wildman–Crippen LogP) is -0.0717. The van der Waals surface area contributed by atoms with Gasteiger partial charge in [0.15, 0.2) is 0 Å². The Morgan fingerprint density at radius 3 is 2.15 bits per heavy atom. The largest absolute Gasteiger partial charge is 0.391 e. The Morgan fingerprint density at radius 2 is 1.77 bits per heavy atom. The van der Waals surface area contributed by atoms with Gasteiger partial charge in [-0.1, -0.05) is 13.8 Å². The Balaban J connectivity index is 2.55. The minimum absolute atomic E-state index is 0.0428. The molecule has 1 aliphatic rings. The summed E-state index contributed by atoms with van der Waals surface area (Å²) in [6, 6.07) is 0. The molecular weight excluding hydrogens is 170 g/mol. The highest BCUT2D eigenvalue weighted by atomic mass is 16.3. The number of rotatable bonds is 3. The Bertz CT molecular complexity index is 240. The molecule has 1 unspecified atom stereocenters. The maximum absolute atomic E-state index is 11.0. The highest BCUT2D eigenvalue weighted by molar-refractivity contribution is 6.12. The molecule has 0 saturated heterocycles. The number of aliphatic hydroxyl groups excluding tert-OH is 1. The van der Waals surface area contributed by atoms with Gasteiger partial charge in [0.05, 0.1) is 12.6 Å². The van der Waals surface area contributed by atoms with E-state index in [-0.39, 0.29) is 24.3 Å². The molecule has 1 rings (SSSR count). The van der Waals surface area contributed by atoms with E-state index in [1.54, 1.807) is 0 Å². The van der Waals surface area contributed by atoms with Crippen LogP contribution in [0.25, 0.3) is 0 Å². The Kier molecular flexibility index (Phi) is 2.83. The quantitative estimate of drug-likeness (QED) is 0.623. The van der Waals surface area contributed by atoms with Crippen molar-refractivity contribution in [2.24, 2.45) is 5.92 Å². The molecule has 1 heterocycles. The minimum Gasteiger partial charge on any atom is -0.391 e. The fourth-order valence-corrected chi connectivity index (χ4v) is 1.01. The second-order valence-electron chi connectivity index (χ2n) is 3.43. The Hall–Kier alpha value is -1.16. The van der Waals surface area contributed by atoms with Crippen molar-refractivity contribution in [3.63, 3.8) is 0 Å². The highest BCUT2D eigenvalue weighted by Gasteiger charge is 2.26. The molecule has 4 nitrogen and oxygen atoms in total. The van der Waals surface area contributed by atoms with Gasteiger partial charge in [-0.15, -0.1) is 0 Å². The normalized spacial score (nSPS) is 18.9. The van der Waals surface area contributed by atoms with Gasteiger partial charge in [-0.25, -0.2) is 0 Å². The Morgan fingerprint density at radius 1 is 1.31 bits per heavy atom. The Labute approximate surface area is 76.8 Å². The average molecular weight is 183 g/mol. The lowest BCUT2D eigenvalue weighted by Gasteiger charge is -2.20. The summed E-state index contributed by atoms with van der Waals surface area (Å²) < 4.78 is 0. The lowest BCUT2D eigenvalue weighted by molar-refractivity contribution is -0.138. The number of nitrogens with zero attached hydrogens (tertiary/aromatic N) is 1. The maximum atomic E-state index is 11.0. The third kappa shape index (κ3) is 2.15. The van der Waals surface area contributed by atoms with Gasteiger partial charge < -0.3 is 5.11 Å². The van der Waals surface area contributed by atoms with Gasteiger partial charge in [0, 0.05) is 12.2 Å². The number of aliphatic hydroxyl groups is 1. The maximum Gasteiger partial charge on any atom is 0.253 e. The minimum atomic E-state index is -0.646. The fraction of sp³-hybridized carbons (Fsp3) is 0.556. The summed E-state index contributed by atoms with van der Waals surface area (Å²) in [5.41, 5.74) is 0. The molecule has 13 heavy (non-hydrogen) atoms. The van der Waals surface area contributed by atoms with E-state index in [4.69, 9.17) is 0 Å². The van der Waals surface area contributed by atoms with Crippen LogP contribution in [-0.2, 0) is 9.59 Å². The van der Waals surface area contributed by atoms with Gasteiger partial charge in [-0.05, 0) is 5.92 Å². The first kappa shape index (κ1) is 9.92. The molecule has 0 aromatic rings. The van der Waals surface area contributed by atoms with Crippen molar-refractivity contribution >= 4 is 11.8 Å². The number of β-amino-alcohol motifs (C(OH)–C–C–N with tert-alkyl or cyclic N) is 1. The van der Waals surface area contributed by atoms with Gasteiger partial charge >= 0.3 is 0 Å². The molecule has 0 aromatic carbocycles.